The molecule has 0 amide bonds. The molecule has 4 N–H and O–H groups in total. The minimum absolute atomic E-state index is 0.0149. The summed E-state index contributed by atoms with van der Waals surface area (Å²) in [4.78, 5) is 26.7. The molecule has 1 fully saturated rings. The third kappa shape index (κ3) is 3.21. The second-order valence-electron chi connectivity index (χ2n) is 6.05. The van der Waals surface area contributed by atoms with Crippen LogP contribution in [0.1, 0.15) is 24.8 Å². The van der Waals surface area contributed by atoms with E-state index in [9.17, 15) is 9.59 Å². The van der Waals surface area contributed by atoms with E-state index in [4.69, 9.17) is 10.5 Å². The average molecular weight is 330 g/mol. The number of nitrogens with one attached hydrogen (secondary N) is 2. The zero-order valence-electron chi connectivity index (χ0n) is 13.6. The van der Waals surface area contributed by atoms with Crippen molar-refractivity contribution in [1.82, 2.24) is 9.55 Å². The van der Waals surface area contributed by atoms with Crippen molar-refractivity contribution in [1.29, 1.82) is 0 Å². The Morgan fingerprint density at radius 3 is 2.75 bits per heavy atom. The van der Waals surface area contributed by atoms with Gasteiger partial charge in [0.1, 0.15) is 11.5 Å². The van der Waals surface area contributed by atoms with Crippen LogP contribution < -0.4 is 22.3 Å². The Bertz CT molecular complexity index is 813. The molecule has 0 radical (unpaired) electrons. The van der Waals surface area contributed by atoms with Gasteiger partial charge < -0.3 is 15.8 Å². The number of anilines is 2. The Kier molecular flexibility index (Phi) is 4.71. The van der Waals surface area contributed by atoms with Gasteiger partial charge in [-0.1, -0.05) is 30.3 Å². The summed E-state index contributed by atoms with van der Waals surface area (Å²) >= 11 is 0. The number of methoxy groups -OCH3 is 1. The number of nitrogen functional groups attached to an aromatic ring is 1. The van der Waals surface area contributed by atoms with Crippen LogP contribution in [0, 0.1) is 0 Å². The summed E-state index contributed by atoms with van der Waals surface area (Å²) in [5.74, 6) is 0.148. The van der Waals surface area contributed by atoms with Crippen LogP contribution >= 0.6 is 0 Å². The Labute approximate surface area is 139 Å². The fraction of sp³-hybridized carbons (Fsp3) is 0.412. The number of aromatic amines is 1. The number of hydrogen-bond acceptors (Lipinski definition) is 5. The van der Waals surface area contributed by atoms with Crippen molar-refractivity contribution < 1.29 is 4.74 Å². The van der Waals surface area contributed by atoms with Crippen molar-refractivity contribution in [3.05, 3.63) is 56.7 Å². The zero-order chi connectivity index (χ0) is 17.1. The number of rotatable bonds is 5. The van der Waals surface area contributed by atoms with E-state index in [0.29, 0.717) is 6.54 Å². The maximum Gasteiger partial charge on any atom is 0.330 e. The lowest BCUT2D eigenvalue weighted by Crippen LogP contribution is -2.38. The molecule has 7 heteroatoms. The molecule has 0 aliphatic heterocycles. The van der Waals surface area contributed by atoms with Gasteiger partial charge >= 0.3 is 5.69 Å². The second kappa shape index (κ2) is 6.92. The summed E-state index contributed by atoms with van der Waals surface area (Å²) in [6, 6.07) is 9.51. The van der Waals surface area contributed by atoms with Gasteiger partial charge in [0.25, 0.3) is 5.56 Å². The number of hydrogen-bond donors (Lipinski definition) is 3. The van der Waals surface area contributed by atoms with Crippen LogP contribution in [0.3, 0.4) is 0 Å². The fourth-order valence-corrected chi connectivity index (χ4v) is 3.21. The number of nitrogens with two attached hydrogens (primary N) is 1. The Morgan fingerprint density at radius 2 is 2.04 bits per heavy atom. The van der Waals surface area contributed by atoms with E-state index in [1.165, 1.54) is 4.57 Å². The third-order valence-corrected chi connectivity index (χ3v) is 4.51. The van der Waals surface area contributed by atoms with E-state index in [2.05, 4.69) is 10.3 Å². The van der Waals surface area contributed by atoms with Crippen molar-refractivity contribution >= 4 is 11.5 Å². The number of ether oxygens (including phenoxy) is 1. The molecule has 128 valence electrons. The lowest BCUT2D eigenvalue weighted by molar-refractivity contribution is 0.101. The Morgan fingerprint density at radius 1 is 1.29 bits per heavy atom. The van der Waals surface area contributed by atoms with Crippen LogP contribution in [0.2, 0.25) is 0 Å². The van der Waals surface area contributed by atoms with E-state index < -0.39 is 11.2 Å². The lowest BCUT2D eigenvalue weighted by atomic mass is 10.2. The lowest BCUT2D eigenvalue weighted by Gasteiger charge is -2.22. The highest BCUT2D eigenvalue weighted by atomic mass is 16.5. The summed E-state index contributed by atoms with van der Waals surface area (Å²) in [6.07, 6.45) is 2.90. The molecule has 1 aromatic carbocycles. The smallest absolute Gasteiger partial charge is 0.330 e. The van der Waals surface area contributed by atoms with E-state index in [-0.39, 0.29) is 23.7 Å². The van der Waals surface area contributed by atoms with Gasteiger partial charge in [0.15, 0.2) is 0 Å². The van der Waals surface area contributed by atoms with Crippen LogP contribution in [-0.2, 0) is 11.3 Å². The maximum atomic E-state index is 12.2. The third-order valence-electron chi connectivity index (χ3n) is 4.51. The first-order chi connectivity index (χ1) is 11.6. The number of benzene rings is 1. The topological polar surface area (TPSA) is 102 Å². The van der Waals surface area contributed by atoms with Crippen molar-refractivity contribution in [2.24, 2.45) is 0 Å². The van der Waals surface area contributed by atoms with E-state index in [1.807, 2.05) is 30.3 Å². The van der Waals surface area contributed by atoms with Crippen molar-refractivity contribution in [2.75, 3.05) is 18.2 Å². The van der Waals surface area contributed by atoms with E-state index >= 15 is 0 Å². The zero-order valence-corrected chi connectivity index (χ0v) is 13.6. The normalized spacial score (nSPS) is 20.2. The first-order valence-electron chi connectivity index (χ1n) is 8.06. The summed E-state index contributed by atoms with van der Waals surface area (Å²) < 4.78 is 6.81. The Hall–Kier alpha value is -2.54. The quantitative estimate of drug-likeness (QED) is 0.763. The minimum Gasteiger partial charge on any atom is -0.383 e. The van der Waals surface area contributed by atoms with Gasteiger partial charge in [-0.2, -0.15) is 0 Å². The molecule has 1 aliphatic carbocycles. The predicted molar refractivity (Wildman–Crippen MR) is 93.3 cm³/mol. The number of nitrogens with zero attached hydrogens (tertiary/aromatic N) is 1. The standard InChI is InChI=1S/C17H22N4O3/c1-24-13-9-5-8-12(13)19-14-15(18)21(17(23)20-16(14)22)10-11-6-3-2-4-7-11/h2-4,6-7,12-13,19H,5,8-10,18H2,1H3,(H,20,22,23). The van der Waals surface area contributed by atoms with Crippen LogP contribution in [-0.4, -0.2) is 28.8 Å². The van der Waals surface area contributed by atoms with Gasteiger partial charge in [0.05, 0.1) is 18.7 Å². The van der Waals surface area contributed by atoms with Crippen molar-refractivity contribution in [2.45, 2.75) is 38.0 Å². The van der Waals surface area contributed by atoms with Gasteiger partial charge in [-0.3, -0.25) is 14.3 Å². The maximum absolute atomic E-state index is 12.2. The number of aromatic nitrogens is 2. The molecule has 0 bridgehead atoms. The van der Waals surface area contributed by atoms with Gasteiger partial charge in [-0.05, 0) is 24.8 Å². The summed E-state index contributed by atoms with van der Waals surface area (Å²) in [7, 11) is 1.66. The molecule has 1 saturated carbocycles. The van der Waals surface area contributed by atoms with E-state index in [1.54, 1.807) is 7.11 Å². The molecular formula is C17H22N4O3. The van der Waals surface area contributed by atoms with Crippen molar-refractivity contribution in [3.63, 3.8) is 0 Å². The Balaban J connectivity index is 1.94. The molecule has 7 nitrogen and oxygen atoms in total. The molecule has 1 aliphatic rings. The second-order valence-corrected chi connectivity index (χ2v) is 6.05. The van der Waals surface area contributed by atoms with Gasteiger partial charge in [0, 0.05) is 7.11 Å². The summed E-state index contributed by atoms with van der Waals surface area (Å²) in [6.45, 7) is 0.301. The highest BCUT2D eigenvalue weighted by Gasteiger charge is 2.28. The molecular weight excluding hydrogens is 308 g/mol. The van der Waals surface area contributed by atoms with Gasteiger partial charge in [-0.15, -0.1) is 0 Å². The SMILES string of the molecule is COC1CCCC1Nc1c(N)n(Cc2ccccc2)c(=O)[nH]c1=O. The summed E-state index contributed by atoms with van der Waals surface area (Å²) in [5.41, 5.74) is 6.29. The van der Waals surface area contributed by atoms with Crippen LogP contribution in [0.15, 0.2) is 39.9 Å². The molecule has 2 unspecified atom stereocenters. The fourth-order valence-electron chi connectivity index (χ4n) is 3.21. The summed E-state index contributed by atoms with van der Waals surface area (Å²) in [5, 5.41) is 3.18. The van der Waals surface area contributed by atoms with Crippen LogP contribution in [0.5, 0.6) is 0 Å². The van der Waals surface area contributed by atoms with Crippen LogP contribution in [0.25, 0.3) is 0 Å². The van der Waals surface area contributed by atoms with Crippen molar-refractivity contribution in [3.8, 4) is 0 Å². The molecule has 2 aromatic rings. The first kappa shape index (κ1) is 16.3. The highest BCUT2D eigenvalue weighted by molar-refractivity contribution is 5.61. The molecule has 0 saturated heterocycles. The highest BCUT2D eigenvalue weighted by Crippen LogP contribution is 2.25. The first-order valence-corrected chi connectivity index (χ1v) is 8.06. The minimum atomic E-state index is -0.512. The van der Waals surface area contributed by atoms with Gasteiger partial charge in [-0.25, -0.2) is 4.79 Å². The average Bonchev–Trinajstić information content (AvgIpc) is 3.03. The monoisotopic (exact) mass is 330 g/mol. The molecule has 24 heavy (non-hydrogen) atoms. The molecule has 1 aromatic heterocycles. The number of H-pyrrole nitrogens is 1. The molecule has 0 spiro atoms. The predicted octanol–water partition coefficient (Wildman–Crippen LogP) is 1.15. The molecule has 1 heterocycles. The molecule has 2 atom stereocenters. The van der Waals surface area contributed by atoms with Crippen LogP contribution in [0.4, 0.5) is 11.5 Å². The van der Waals surface area contributed by atoms with E-state index in [0.717, 1.165) is 24.8 Å². The largest absolute Gasteiger partial charge is 0.383 e. The molecule has 3 rings (SSSR count). The van der Waals surface area contributed by atoms with Gasteiger partial charge in [0.2, 0.25) is 0 Å².